The van der Waals surface area contributed by atoms with Gasteiger partial charge < -0.3 is 4.42 Å². The third kappa shape index (κ3) is 2.32. The van der Waals surface area contributed by atoms with Crippen molar-refractivity contribution in [2.45, 2.75) is 26.7 Å². The van der Waals surface area contributed by atoms with Gasteiger partial charge in [-0.2, -0.15) is 9.50 Å². The normalized spacial score (nSPS) is 11.5. The van der Waals surface area contributed by atoms with Crippen molar-refractivity contribution in [2.75, 3.05) is 0 Å². The summed E-state index contributed by atoms with van der Waals surface area (Å²) in [7, 11) is 0. The molecule has 0 N–H and O–H groups in total. The van der Waals surface area contributed by atoms with Crippen LogP contribution in [0, 0.1) is 6.92 Å². The second-order valence-corrected chi connectivity index (χ2v) is 5.71. The second kappa shape index (κ2) is 5.48. The fourth-order valence-electron chi connectivity index (χ4n) is 2.39. The maximum atomic E-state index is 5.34. The third-order valence-corrected chi connectivity index (χ3v) is 3.66. The molecule has 4 aromatic heterocycles. The molecule has 0 radical (unpaired) electrons. The van der Waals surface area contributed by atoms with Crippen molar-refractivity contribution >= 4 is 5.78 Å². The summed E-state index contributed by atoms with van der Waals surface area (Å²) in [6, 6.07) is 5.41. The Bertz CT molecular complexity index is 1000. The molecule has 120 valence electrons. The van der Waals surface area contributed by atoms with E-state index in [1.54, 1.807) is 29.1 Å². The first-order valence-corrected chi connectivity index (χ1v) is 7.60. The van der Waals surface area contributed by atoms with Crippen LogP contribution >= 0.6 is 0 Å². The predicted octanol–water partition coefficient (Wildman–Crippen LogP) is 2.67. The van der Waals surface area contributed by atoms with E-state index in [0.717, 1.165) is 17.2 Å². The molecular formula is C16H15N7O. The highest BCUT2D eigenvalue weighted by atomic mass is 16.3. The van der Waals surface area contributed by atoms with Gasteiger partial charge in [-0.15, -0.1) is 15.3 Å². The van der Waals surface area contributed by atoms with E-state index in [2.05, 4.69) is 30.2 Å². The summed E-state index contributed by atoms with van der Waals surface area (Å²) in [5.41, 5.74) is 2.18. The number of fused-ring (bicyclic) bond motifs is 1. The molecule has 0 spiro atoms. The average molecular weight is 321 g/mol. The molecule has 0 saturated carbocycles. The van der Waals surface area contributed by atoms with Gasteiger partial charge in [0.15, 0.2) is 5.76 Å². The van der Waals surface area contributed by atoms with Gasteiger partial charge in [0.2, 0.25) is 5.82 Å². The molecule has 0 unspecified atom stereocenters. The lowest BCUT2D eigenvalue weighted by molar-refractivity contribution is 0.577. The van der Waals surface area contributed by atoms with E-state index in [0.29, 0.717) is 23.1 Å². The topological polar surface area (TPSA) is 94.9 Å². The summed E-state index contributed by atoms with van der Waals surface area (Å²) in [6.45, 7) is 6.01. The first-order chi connectivity index (χ1) is 11.6. The van der Waals surface area contributed by atoms with Crippen molar-refractivity contribution < 1.29 is 4.42 Å². The number of hydrogen-bond acceptors (Lipinski definition) is 7. The lowest BCUT2D eigenvalue weighted by Gasteiger charge is -2.07. The van der Waals surface area contributed by atoms with E-state index in [4.69, 9.17) is 4.42 Å². The molecule has 0 aromatic carbocycles. The van der Waals surface area contributed by atoms with Crippen LogP contribution in [0.1, 0.15) is 31.3 Å². The van der Waals surface area contributed by atoms with Gasteiger partial charge in [0.05, 0.1) is 17.7 Å². The molecule has 0 aliphatic carbocycles. The first-order valence-electron chi connectivity index (χ1n) is 7.60. The van der Waals surface area contributed by atoms with Crippen LogP contribution in [0.15, 0.2) is 35.1 Å². The number of aromatic nitrogens is 7. The zero-order valence-corrected chi connectivity index (χ0v) is 13.5. The van der Waals surface area contributed by atoms with Crippen LogP contribution in [0.3, 0.4) is 0 Å². The maximum absolute atomic E-state index is 5.34. The molecule has 8 heteroatoms. The molecular weight excluding hydrogens is 306 g/mol. The van der Waals surface area contributed by atoms with E-state index in [9.17, 15) is 0 Å². The van der Waals surface area contributed by atoms with E-state index < -0.39 is 0 Å². The maximum Gasteiger partial charge on any atom is 0.272 e. The minimum absolute atomic E-state index is 0.235. The van der Waals surface area contributed by atoms with Gasteiger partial charge in [-0.3, -0.25) is 0 Å². The smallest absolute Gasteiger partial charge is 0.272 e. The quantitative estimate of drug-likeness (QED) is 0.572. The van der Waals surface area contributed by atoms with Gasteiger partial charge in [-0.05, 0) is 25.1 Å². The number of nitrogens with zero attached hydrogens (tertiary/aromatic N) is 7. The van der Waals surface area contributed by atoms with Crippen LogP contribution in [-0.4, -0.2) is 34.8 Å². The van der Waals surface area contributed by atoms with E-state index in [1.807, 2.05) is 26.8 Å². The summed E-state index contributed by atoms with van der Waals surface area (Å²) in [6.07, 6.45) is 3.32. The fraction of sp³-hybridized carbons (Fsp3) is 0.250. The van der Waals surface area contributed by atoms with Gasteiger partial charge in [0, 0.05) is 12.1 Å². The molecule has 0 saturated heterocycles. The average Bonchev–Trinajstić information content (AvgIpc) is 3.25. The number of hydrogen-bond donors (Lipinski definition) is 0. The molecule has 0 aliphatic heterocycles. The number of aryl methyl sites for hydroxylation is 1. The Balaban J connectivity index is 1.85. The number of furan rings is 1. The van der Waals surface area contributed by atoms with Crippen molar-refractivity contribution in [3.63, 3.8) is 0 Å². The molecule has 0 amide bonds. The highest BCUT2D eigenvalue weighted by Crippen LogP contribution is 2.22. The van der Waals surface area contributed by atoms with E-state index in [-0.39, 0.29) is 5.92 Å². The van der Waals surface area contributed by atoms with Crippen molar-refractivity contribution in [1.82, 2.24) is 34.8 Å². The zero-order valence-electron chi connectivity index (χ0n) is 13.5. The van der Waals surface area contributed by atoms with Gasteiger partial charge >= 0.3 is 0 Å². The van der Waals surface area contributed by atoms with Gasteiger partial charge in [0.1, 0.15) is 11.5 Å². The Kier molecular flexibility index (Phi) is 3.30. The summed E-state index contributed by atoms with van der Waals surface area (Å²) < 4.78 is 6.99. The van der Waals surface area contributed by atoms with Crippen molar-refractivity contribution in [3.05, 3.63) is 42.2 Å². The summed E-state index contributed by atoms with van der Waals surface area (Å²) in [4.78, 5) is 13.2. The summed E-state index contributed by atoms with van der Waals surface area (Å²) >= 11 is 0. The Labute approximate surface area is 137 Å². The molecule has 0 atom stereocenters. The van der Waals surface area contributed by atoms with Crippen LogP contribution in [0.4, 0.5) is 0 Å². The Hall–Kier alpha value is -3.16. The van der Waals surface area contributed by atoms with Gasteiger partial charge in [-0.1, -0.05) is 13.8 Å². The highest BCUT2D eigenvalue weighted by molar-refractivity contribution is 5.58. The molecule has 4 rings (SSSR count). The van der Waals surface area contributed by atoms with Crippen LogP contribution in [0.5, 0.6) is 0 Å². The van der Waals surface area contributed by atoms with Crippen molar-refractivity contribution in [2.24, 2.45) is 0 Å². The standard InChI is InChI=1S/C16H15N7O/c1-9(2)14-17-7-6-11(18-14)13-10(3)23-16(21-20-13)19-15(22-23)12-5-4-8-24-12/h4-9H,1-3H3. The van der Waals surface area contributed by atoms with Crippen LogP contribution in [0.25, 0.3) is 28.8 Å². The summed E-state index contributed by atoms with van der Waals surface area (Å²) in [5, 5.41) is 12.9. The van der Waals surface area contributed by atoms with E-state index >= 15 is 0 Å². The number of rotatable bonds is 3. The molecule has 0 fully saturated rings. The molecule has 4 heterocycles. The lowest BCUT2D eigenvalue weighted by Crippen LogP contribution is -2.05. The molecule has 0 aliphatic rings. The van der Waals surface area contributed by atoms with Crippen molar-refractivity contribution in [1.29, 1.82) is 0 Å². The van der Waals surface area contributed by atoms with Crippen LogP contribution in [0.2, 0.25) is 0 Å². The monoisotopic (exact) mass is 321 g/mol. The third-order valence-electron chi connectivity index (χ3n) is 3.66. The molecule has 0 bridgehead atoms. The zero-order chi connectivity index (χ0) is 16.7. The SMILES string of the molecule is Cc1c(-c2ccnc(C(C)C)n2)nnc2nc(-c3ccco3)nn12. The van der Waals surface area contributed by atoms with Crippen molar-refractivity contribution in [3.8, 4) is 23.0 Å². The Morgan fingerprint density at radius 3 is 2.75 bits per heavy atom. The molecule has 4 aromatic rings. The Morgan fingerprint density at radius 1 is 1.12 bits per heavy atom. The van der Waals surface area contributed by atoms with Crippen LogP contribution < -0.4 is 0 Å². The highest BCUT2D eigenvalue weighted by Gasteiger charge is 2.16. The second-order valence-electron chi connectivity index (χ2n) is 5.71. The Morgan fingerprint density at radius 2 is 2.00 bits per heavy atom. The largest absolute Gasteiger partial charge is 0.461 e. The summed E-state index contributed by atoms with van der Waals surface area (Å²) in [5.74, 6) is 2.48. The minimum atomic E-state index is 0.235. The van der Waals surface area contributed by atoms with Gasteiger partial charge in [0.25, 0.3) is 5.78 Å². The fourth-order valence-corrected chi connectivity index (χ4v) is 2.39. The van der Waals surface area contributed by atoms with E-state index in [1.165, 1.54) is 0 Å². The van der Waals surface area contributed by atoms with Crippen LogP contribution in [-0.2, 0) is 0 Å². The molecule has 8 nitrogen and oxygen atoms in total. The minimum Gasteiger partial charge on any atom is -0.461 e. The first kappa shape index (κ1) is 14.4. The van der Waals surface area contributed by atoms with Gasteiger partial charge in [-0.25, -0.2) is 9.97 Å². The lowest BCUT2D eigenvalue weighted by atomic mass is 10.2. The predicted molar refractivity (Wildman–Crippen MR) is 86.1 cm³/mol. The molecule has 24 heavy (non-hydrogen) atoms.